The van der Waals surface area contributed by atoms with Crippen molar-refractivity contribution in [3.05, 3.63) is 51.5 Å². The molecule has 1 aliphatic heterocycles. The number of ether oxygens (including phenoxy) is 1. The maximum Gasteiger partial charge on any atom is 0.236 e. The molecule has 0 spiro atoms. The molecule has 0 saturated carbocycles. The van der Waals surface area contributed by atoms with Gasteiger partial charge in [-0.3, -0.25) is 14.6 Å². The Morgan fingerprint density at radius 1 is 1.21 bits per heavy atom. The van der Waals surface area contributed by atoms with Gasteiger partial charge in [-0.2, -0.15) is 0 Å². The first-order chi connectivity index (χ1) is 13.5. The average molecular weight is 406 g/mol. The van der Waals surface area contributed by atoms with Crippen molar-refractivity contribution in [1.29, 1.82) is 0 Å². The van der Waals surface area contributed by atoms with E-state index in [9.17, 15) is 9.18 Å². The Hall–Kier alpha value is -1.96. The molecule has 5 nitrogen and oxygen atoms in total. The first kappa shape index (κ1) is 20.8. The number of methoxy groups -OCH3 is 1. The van der Waals surface area contributed by atoms with Crippen molar-refractivity contribution in [3.63, 3.8) is 0 Å². The zero-order chi connectivity index (χ0) is 20.1. The van der Waals surface area contributed by atoms with Gasteiger partial charge in [0.15, 0.2) is 0 Å². The van der Waals surface area contributed by atoms with E-state index in [4.69, 9.17) is 4.74 Å². The van der Waals surface area contributed by atoms with Crippen LogP contribution in [0.1, 0.15) is 16.0 Å². The lowest BCUT2D eigenvalue weighted by molar-refractivity contribution is -0.132. The van der Waals surface area contributed by atoms with Gasteiger partial charge in [-0.1, -0.05) is 0 Å². The van der Waals surface area contributed by atoms with E-state index in [1.54, 1.807) is 24.5 Å². The molecule has 2 heterocycles. The lowest BCUT2D eigenvalue weighted by atomic mass is 10.1. The van der Waals surface area contributed by atoms with Crippen molar-refractivity contribution >= 4 is 17.2 Å². The summed E-state index contributed by atoms with van der Waals surface area (Å²) in [5, 5.41) is 2.07. The Bertz CT molecular complexity index is 803. The van der Waals surface area contributed by atoms with Crippen LogP contribution in [0.2, 0.25) is 0 Å². The van der Waals surface area contributed by atoms with E-state index in [1.165, 1.54) is 22.6 Å². The molecule has 7 heteroatoms. The molecular weight excluding hydrogens is 377 g/mol. The van der Waals surface area contributed by atoms with Gasteiger partial charge in [-0.15, -0.1) is 11.3 Å². The molecule has 2 aromatic rings. The number of likely N-dealkylation sites (N-methyl/N-ethyl adjacent to an activating group) is 1. The van der Waals surface area contributed by atoms with Crippen LogP contribution >= 0.6 is 11.3 Å². The highest BCUT2D eigenvalue weighted by Gasteiger charge is 2.22. The van der Waals surface area contributed by atoms with Crippen LogP contribution in [-0.2, 0) is 17.9 Å². The molecular formula is C21H28FN3O2S. The molecule has 28 heavy (non-hydrogen) atoms. The van der Waals surface area contributed by atoms with Crippen molar-refractivity contribution in [3.8, 4) is 5.75 Å². The SMILES string of the molecule is COc1ccc(F)cc1CN1CCN(CC(=O)N(C)Cc2sccc2C)CC1. The molecule has 1 aromatic carbocycles. The topological polar surface area (TPSA) is 36.0 Å². The Balaban J connectivity index is 1.47. The van der Waals surface area contributed by atoms with Gasteiger partial charge in [0, 0.05) is 50.2 Å². The molecule has 0 bridgehead atoms. The van der Waals surface area contributed by atoms with Crippen molar-refractivity contribution in [2.45, 2.75) is 20.0 Å². The Kier molecular flexibility index (Phi) is 7.04. The molecule has 1 aliphatic rings. The molecule has 3 rings (SSSR count). The number of rotatable bonds is 7. The summed E-state index contributed by atoms with van der Waals surface area (Å²) in [6.07, 6.45) is 0. The summed E-state index contributed by atoms with van der Waals surface area (Å²) in [5.41, 5.74) is 2.10. The number of carbonyl (C=O) groups excluding carboxylic acids is 1. The second-order valence-corrected chi connectivity index (χ2v) is 8.29. The first-order valence-corrected chi connectivity index (χ1v) is 10.4. The fraction of sp³-hybridized carbons (Fsp3) is 0.476. The van der Waals surface area contributed by atoms with Crippen LogP contribution in [0.3, 0.4) is 0 Å². The van der Waals surface area contributed by atoms with Crippen LogP contribution in [-0.4, -0.2) is 67.5 Å². The maximum atomic E-state index is 13.6. The van der Waals surface area contributed by atoms with E-state index >= 15 is 0 Å². The van der Waals surface area contributed by atoms with E-state index < -0.39 is 0 Å². The molecule has 152 valence electrons. The smallest absolute Gasteiger partial charge is 0.236 e. The molecule has 0 unspecified atom stereocenters. The van der Waals surface area contributed by atoms with Gasteiger partial charge in [0.2, 0.25) is 5.91 Å². The number of nitrogens with zero attached hydrogens (tertiary/aromatic N) is 3. The third kappa shape index (κ3) is 5.31. The lowest BCUT2D eigenvalue weighted by Gasteiger charge is -2.35. The van der Waals surface area contributed by atoms with E-state index in [1.807, 2.05) is 11.9 Å². The maximum absolute atomic E-state index is 13.6. The monoisotopic (exact) mass is 405 g/mol. The Morgan fingerprint density at radius 3 is 2.57 bits per heavy atom. The van der Waals surface area contributed by atoms with Crippen LogP contribution in [0.15, 0.2) is 29.6 Å². The summed E-state index contributed by atoms with van der Waals surface area (Å²) in [6.45, 7) is 7.20. The number of amides is 1. The fourth-order valence-electron chi connectivity index (χ4n) is 3.40. The molecule has 1 saturated heterocycles. The number of benzene rings is 1. The van der Waals surface area contributed by atoms with E-state index in [-0.39, 0.29) is 11.7 Å². The Morgan fingerprint density at radius 2 is 1.93 bits per heavy atom. The van der Waals surface area contributed by atoms with Crippen molar-refractivity contribution in [1.82, 2.24) is 14.7 Å². The summed E-state index contributed by atoms with van der Waals surface area (Å²) < 4.78 is 18.9. The summed E-state index contributed by atoms with van der Waals surface area (Å²) in [4.78, 5) is 20.1. The van der Waals surface area contributed by atoms with E-state index in [0.29, 0.717) is 25.4 Å². The predicted molar refractivity (Wildman–Crippen MR) is 110 cm³/mol. The van der Waals surface area contributed by atoms with Gasteiger partial charge >= 0.3 is 0 Å². The number of hydrogen-bond acceptors (Lipinski definition) is 5. The third-order valence-corrected chi connectivity index (χ3v) is 6.24. The number of aryl methyl sites for hydroxylation is 1. The molecule has 0 aliphatic carbocycles. The number of halogens is 1. The highest BCUT2D eigenvalue weighted by atomic mass is 32.1. The zero-order valence-electron chi connectivity index (χ0n) is 16.8. The predicted octanol–water partition coefficient (Wildman–Crippen LogP) is 2.98. The van der Waals surface area contributed by atoms with Crippen LogP contribution in [0, 0.1) is 12.7 Å². The second kappa shape index (κ2) is 9.49. The largest absolute Gasteiger partial charge is 0.496 e. The van der Waals surface area contributed by atoms with Crippen LogP contribution in [0.5, 0.6) is 5.75 Å². The number of piperazine rings is 1. The first-order valence-electron chi connectivity index (χ1n) is 9.50. The number of thiophene rings is 1. The minimum absolute atomic E-state index is 0.146. The number of hydrogen-bond donors (Lipinski definition) is 0. The molecule has 1 aromatic heterocycles. The van der Waals surface area contributed by atoms with Crippen LogP contribution in [0.25, 0.3) is 0 Å². The summed E-state index contributed by atoms with van der Waals surface area (Å²) in [5.74, 6) is 0.613. The van der Waals surface area contributed by atoms with Crippen molar-refractivity contribution in [2.24, 2.45) is 0 Å². The van der Waals surface area contributed by atoms with Crippen LogP contribution < -0.4 is 4.74 Å². The van der Waals surface area contributed by atoms with Crippen molar-refractivity contribution in [2.75, 3.05) is 46.9 Å². The summed E-state index contributed by atoms with van der Waals surface area (Å²) in [6, 6.07) is 6.71. The quantitative estimate of drug-likeness (QED) is 0.710. The standard InChI is InChI=1S/C21H28FN3O2S/c1-16-6-11-28-20(16)14-23(2)21(26)15-25-9-7-24(8-10-25)13-17-12-18(22)4-5-19(17)27-3/h4-6,11-12H,7-10,13-15H2,1-3H3. The highest BCUT2D eigenvalue weighted by Crippen LogP contribution is 2.22. The molecule has 0 radical (unpaired) electrons. The minimum atomic E-state index is -0.246. The van der Waals surface area contributed by atoms with Crippen LogP contribution in [0.4, 0.5) is 4.39 Å². The second-order valence-electron chi connectivity index (χ2n) is 7.29. The summed E-state index contributed by atoms with van der Waals surface area (Å²) in [7, 11) is 3.47. The highest BCUT2D eigenvalue weighted by molar-refractivity contribution is 7.10. The van der Waals surface area contributed by atoms with Gasteiger partial charge < -0.3 is 9.64 Å². The van der Waals surface area contributed by atoms with Gasteiger partial charge in [-0.05, 0) is 42.1 Å². The van der Waals surface area contributed by atoms with Gasteiger partial charge in [0.05, 0.1) is 20.2 Å². The molecule has 0 atom stereocenters. The number of carbonyl (C=O) groups is 1. The van der Waals surface area contributed by atoms with Gasteiger partial charge in [-0.25, -0.2) is 4.39 Å². The summed E-state index contributed by atoms with van der Waals surface area (Å²) >= 11 is 1.70. The fourth-order valence-corrected chi connectivity index (χ4v) is 4.36. The van der Waals surface area contributed by atoms with Crippen molar-refractivity contribution < 1.29 is 13.9 Å². The Labute approximate surface area is 170 Å². The average Bonchev–Trinajstić information content (AvgIpc) is 3.08. The van der Waals surface area contributed by atoms with Gasteiger partial charge in [0.25, 0.3) is 0 Å². The van der Waals surface area contributed by atoms with Gasteiger partial charge in [0.1, 0.15) is 11.6 Å². The van der Waals surface area contributed by atoms with E-state index in [0.717, 1.165) is 31.7 Å². The molecule has 1 fully saturated rings. The minimum Gasteiger partial charge on any atom is -0.496 e. The normalized spacial score (nSPS) is 15.6. The zero-order valence-corrected chi connectivity index (χ0v) is 17.6. The third-order valence-electron chi connectivity index (χ3n) is 5.23. The van der Waals surface area contributed by atoms with E-state index in [2.05, 4.69) is 28.2 Å². The lowest BCUT2D eigenvalue weighted by Crippen LogP contribution is -2.49. The molecule has 0 N–H and O–H groups in total. The molecule has 1 amide bonds.